The molecular weight excluding hydrogens is 426 g/mol. The van der Waals surface area contributed by atoms with Crippen LogP contribution in [0.1, 0.15) is 52.4 Å². The number of anilines is 2. The van der Waals surface area contributed by atoms with Crippen LogP contribution in [-0.4, -0.2) is 26.1 Å². The van der Waals surface area contributed by atoms with Gasteiger partial charge in [-0.1, -0.05) is 31.2 Å². The highest BCUT2D eigenvalue weighted by atomic mass is 16.2. The van der Waals surface area contributed by atoms with Crippen molar-refractivity contribution in [1.82, 2.24) is 19.5 Å². The first-order chi connectivity index (χ1) is 16.4. The maximum atomic E-state index is 13.4. The van der Waals surface area contributed by atoms with Crippen molar-refractivity contribution in [2.24, 2.45) is 0 Å². The van der Waals surface area contributed by atoms with Crippen molar-refractivity contribution in [1.29, 1.82) is 0 Å². The standard InChI is InChI=1S/C27H29N5O2/c1-5-21-25-30-23(29-22-15-19(10-9-16(22)2)26(33)28-20-11-12-20)13-14-31(25)32(27(21)34)24-17(3)7-6-8-18(24)4/h6-10,13-15,20H,5,11-12H2,1-4H3,(H,28,33)(H,29,30). The van der Waals surface area contributed by atoms with Crippen molar-refractivity contribution < 1.29 is 4.79 Å². The molecule has 0 aliphatic heterocycles. The molecule has 2 aromatic carbocycles. The number of benzene rings is 2. The lowest BCUT2D eigenvalue weighted by molar-refractivity contribution is 0.0951. The molecule has 0 atom stereocenters. The van der Waals surface area contributed by atoms with Gasteiger partial charge in [-0.3, -0.25) is 9.59 Å². The van der Waals surface area contributed by atoms with E-state index in [1.807, 2.05) is 80.9 Å². The molecule has 1 saturated carbocycles. The zero-order valence-electron chi connectivity index (χ0n) is 20.0. The van der Waals surface area contributed by atoms with Crippen LogP contribution in [-0.2, 0) is 6.42 Å². The van der Waals surface area contributed by atoms with Gasteiger partial charge in [-0.2, -0.15) is 0 Å². The Bertz CT molecular complexity index is 1460. The number of hydrogen-bond acceptors (Lipinski definition) is 4. The second-order valence-corrected chi connectivity index (χ2v) is 9.07. The van der Waals surface area contributed by atoms with Gasteiger partial charge in [-0.15, -0.1) is 0 Å². The molecule has 4 aromatic rings. The summed E-state index contributed by atoms with van der Waals surface area (Å²) in [7, 11) is 0. The van der Waals surface area contributed by atoms with Crippen LogP contribution in [0.25, 0.3) is 11.3 Å². The molecule has 1 amide bonds. The van der Waals surface area contributed by atoms with Gasteiger partial charge in [0.2, 0.25) is 0 Å². The molecule has 0 spiro atoms. The summed E-state index contributed by atoms with van der Waals surface area (Å²) in [4.78, 5) is 30.7. The summed E-state index contributed by atoms with van der Waals surface area (Å²) in [5.41, 5.74) is 6.62. The van der Waals surface area contributed by atoms with Crippen molar-refractivity contribution in [3.05, 3.63) is 86.8 Å². The molecule has 174 valence electrons. The number of amides is 1. The first-order valence-corrected chi connectivity index (χ1v) is 11.8. The number of nitrogens with zero attached hydrogens (tertiary/aromatic N) is 3. The molecule has 2 aromatic heterocycles. The van der Waals surface area contributed by atoms with E-state index in [9.17, 15) is 9.59 Å². The average molecular weight is 456 g/mol. The SMILES string of the molecule is CCc1c(=O)n(-c2c(C)cccc2C)n2ccc(Nc3cc(C(=O)NC4CC4)ccc3C)nc12. The Morgan fingerprint density at radius 3 is 2.47 bits per heavy atom. The molecule has 7 nitrogen and oxygen atoms in total. The van der Waals surface area contributed by atoms with Crippen molar-refractivity contribution >= 4 is 23.1 Å². The molecule has 2 heterocycles. The average Bonchev–Trinajstić information content (AvgIpc) is 3.58. The summed E-state index contributed by atoms with van der Waals surface area (Å²) in [5.74, 6) is 0.565. The lowest BCUT2D eigenvalue weighted by atomic mass is 10.1. The number of hydrogen-bond donors (Lipinski definition) is 2. The molecule has 0 saturated heterocycles. The summed E-state index contributed by atoms with van der Waals surface area (Å²) >= 11 is 0. The number of carbonyl (C=O) groups excluding carboxylic acids is 1. The number of aryl methyl sites for hydroxylation is 4. The molecule has 7 heteroatoms. The first kappa shape index (κ1) is 21.9. The third-order valence-corrected chi connectivity index (χ3v) is 6.43. The second kappa shape index (κ2) is 8.48. The van der Waals surface area contributed by atoms with Gasteiger partial charge in [0, 0.05) is 23.5 Å². The number of aromatic nitrogens is 3. The minimum atomic E-state index is -0.0561. The van der Waals surface area contributed by atoms with Crippen LogP contribution in [0.15, 0.2) is 53.5 Å². The van der Waals surface area contributed by atoms with E-state index >= 15 is 0 Å². The molecular formula is C27H29N5O2. The zero-order chi connectivity index (χ0) is 24.0. The molecule has 1 aliphatic carbocycles. The van der Waals surface area contributed by atoms with Crippen molar-refractivity contribution in [3.8, 4) is 5.69 Å². The Labute approximate surface area is 198 Å². The number of para-hydroxylation sites is 1. The minimum Gasteiger partial charge on any atom is -0.349 e. The number of fused-ring (bicyclic) bond motifs is 1. The van der Waals surface area contributed by atoms with Crippen LogP contribution < -0.4 is 16.2 Å². The second-order valence-electron chi connectivity index (χ2n) is 9.07. The van der Waals surface area contributed by atoms with Gasteiger partial charge < -0.3 is 10.6 Å². The van der Waals surface area contributed by atoms with E-state index in [2.05, 4.69) is 10.6 Å². The number of nitrogens with one attached hydrogen (secondary N) is 2. The highest BCUT2D eigenvalue weighted by molar-refractivity contribution is 5.95. The Balaban J connectivity index is 1.56. The van der Waals surface area contributed by atoms with Gasteiger partial charge in [-0.05, 0) is 74.9 Å². The van der Waals surface area contributed by atoms with E-state index < -0.39 is 0 Å². The molecule has 0 unspecified atom stereocenters. The summed E-state index contributed by atoms with van der Waals surface area (Å²) in [6.07, 6.45) is 4.55. The fourth-order valence-corrected chi connectivity index (χ4v) is 4.36. The monoisotopic (exact) mass is 455 g/mol. The highest BCUT2D eigenvalue weighted by Crippen LogP contribution is 2.25. The van der Waals surface area contributed by atoms with Crippen LogP contribution in [0.4, 0.5) is 11.5 Å². The Morgan fingerprint density at radius 1 is 1.06 bits per heavy atom. The molecule has 2 N–H and O–H groups in total. The van der Waals surface area contributed by atoms with E-state index in [0.29, 0.717) is 35.1 Å². The van der Waals surface area contributed by atoms with Gasteiger partial charge in [0.15, 0.2) is 5.65 Å². The zero-order valence-corrected chi connectivity index (χ0v) is 20.0. The minimum absolute atomic E-state index is 0.0560. The van der Waals surface area contributed by atoms with Crippen LogP contribution in [0.5, 0.6) is 0 Å². The van der Waals surface area contributed by atoms with Crippen LogP contribution in [0.2, 0.25) is 0 Å². The predicted molar refractivity (Wildman–Crippen MR) is 135 cm³/mol. The van der Waals surface area contributed by atoms with Gasteiger partial charge in [0.1, 0.15) is 5.82 Å². The van der Waals surface area contributed by atoms with Crippen molar-refractivity contribution in [2.75, 3.05) is 5.32 Å². The van der Waals surface area contributed by atoms with Crippen LogP contribution in [0, 0.1) is 20.8 Å². The highest BCUT2D eigenvalue weighted by Gasteiger charge is 2.24. The quantitative estimate of drug-likeness (QED) is 0.445. The maximum absolute atomic E-state index is 13.4. The Morgan fingerprint density at radius 2 is 1.79 bits per heavy atom. The number of carbonyl (C=O) groups is 1. The fraction of sp³-hybridized carbons (Fsp3) is 0.296. The van der Waals surface area contributed by atoms with Crippen LogP contribution >= 0.6 is 0 Å². The van der Waals surface area contributed by atoms with Gasteiger partial charge in [0.25, 0.3) is 11.5 Å². The van der Waals surface area contributed by atoms with E-state index in [4.69, 9.17) is 4.98 Å². The van der Waals surface area contributed by atoms with E-state index in [0.717, 1.165) is 40.9 Å². The van der Waals surface area contributed by atoms with Crippen molar-refractivity contribution in [3.63, 3.8) is 0 Å². The largest absolute Gasteiger partial charge is 0.349 e. The maximum Gasteiger partial charge on any atom is 0.277 e. The molecule has 5 rings (SSSR count). The molecule has 0 radical (unpaired) electrons. The molecule has 0 bridgehead atoms. The van der Waals surface area contributed by atoms with E-state index in [-0.39, 0.29) is 11.5 Å². The van der Waals surface area contributed by atoms with E-state index in [1.165, 1.54) is 0 Å². The van der Waals surface area contributed by atoms with Gasteiger partial charge in [0.05, 0.1) is 11.3 Å². The van der Waals surface area contributed by atoms with Gasteiger partial charge >= 0.3 is 0 Å². The summed E-state index contributed by atoms with van der Waals surface area (Å²) < 4.78 is 3.54. The van der Waals surface area contributed by atoms with Gasteiger partial charge in [-0.25, -0.2) is 14.2 Å². The lowest BCUT2D eigenvalue weighted by Crippen LogP contribution is -2.25. The lowest BCUT2D eigenvalue weighted by Gasteiger charge is -2.14. The van der Waals surface area contributed by atoms with E-state index in [1.54, 1.807) is 4.68 Å². The third kappa shape index (κ3) is 3.87. The normalized spacial score (nSPS) is 13.3. The molecule has 34 heavy (non-hydrogen) atoms. The number of rotatable bonds is 6. The fourth-order valence-electron chi connectivity index (χ4n) is 4.36. The summed E-state index contributed by atoms with van der Waals surface area (Å²) in [6, 6.07) is 13.8. The summed E-state index contributed by atoms with van der Waals surface area (Å²) in [5, 5.41) is 6.39. The third-order valence-electron chi connectivity index (χ3n) is 6.43. The van der Waals surface area contributed by atoms with Crippen molar-refractivity contribution in [2.45, 2.75) is 53.0 Å². The predicted octanol–water partition coefficient (Wildman–Crippen LogP) is 4.61. The molecule has 1 aliphatic rings. The smallest absolute Gasteiger partial charge is 0.277 e. The summed E-state index contributed by atoms with van der Waals surface area (Å²) in [6.45, 7) is 7.99. The Hall–Kier alpha value is -3.87. The van der Waals surface area contributed by atoms with Crippen LogP contribution in [0.3, 0.4) is 0 Å². The Kier molecular flexibility index (Phi) is 5.48. The molecule has 1 fully saturated rings. The topological polar surface area (TPSA) is 80.4 Å². The first-order valence-electron chi connectivity index (χ1n) is 11.8.